The van der Waals surface area contributed by atoms with Crippen molar-refractivity contribution in [3.05, 3.63) is 192 Å². The first kappa shape index (κ1) is 41.6. The molecule has 0 fully saturated rings. The lowest BCUT2D eigenvalue weighted by Crippen LogP contribution is -2.38. The summed E-state index contributed by atoms with van der Waals surface area (Å²) in [5.74, 6) is 0. The second kappa shape index (κ2) is 14.6. The maximum atomic E-state index is 3.93. The molecule has 3 aliphatic rings. The minimum Gasteiger partial charge on any atom is -0.355 e. The van der Waals surface area contributed by atoms with Gasteiger partial charge in [-0.2, -0.15) is 0 Å². The van der Waals surface area contributed by atoms with E-state index < -0.39 is 0 Å². The lowest BCUT2D eigenvalue weighted by atomic mass is 9.58. The molecular formula is C63H60BN3. The number of para-hydroxylation sites is 3. The van der Waals surface area contributed by atoms with E-state index in [9.17, 15) is 0 Å². The number of nitrogens with zero attached hydrogens (tertiary/aromatic N) is 2. The largest absolute Gasteiger partial charge is 0.355 e. The molecule has 4 heteroatoms. The third kappa shape index (κ3) is 6.39. The standard InChI is InChI=1S/C63H60BN3/c1-60(2,3)39-28-30-40(31-29-39)65-53-27-19-17-25-44(53)46-36-56(66(41-20-12-10-13-21-41)42-22-14-11-15-23-42)57-47-34-50-51(62(6,7)33-32-61(50,4)5)38-54(47)67-55-35-45-43-24-16-18-26-48(43)63(8,9)49(45)37-52(55)64-58(46)59(57)67/h10-31,34-38,64-65H,32-33H2,1-9H3. The number of rotatable bonds is 6. The molecule has 2 aliphatic carbocycles. The summed E-state index contributed by atoms with van der Waals surface area (Å²) < 4.78 is 2.70. The molecule has 67 heavy (non-hydrogen) atoms. The fraction of sp³-hybridized carbons (Fsp3) is 0.238. The first-order valence-corrected chi connectivity index (χ1v) is 24.4. The van der Waals surface area contributed by atoms with Gasteiger partial charge in [0.05, 0.1) is 16.7 Å². The van der Waals surface area contributed by atoms with Crippen LogP contribution in [0.1, 0.15) is 103 Å². The Morgan fingerprint density at radius 2 is 1.15 bits per heavy atom. The van der Waals surface area contributed by atoms with E-state index in [1.165, 1.54) is 94.2 Å². The highest BCUT2D eigenvalue weighted by molar-refractivity contribution is 6.73. The second-order valence-electron chi connectivity index (χ2n) is 22.5. The van der Waals surface area contributed by atoms with Gasteiger partial charge in [0.15, 0.2) is 7.28 Å². The van der Waals surface area contributed by atoms with Gasteiger partial charge in [-0.15, -0.1) is 0 Å². The molecule has 0 bridgehead atoms. The quantitative estimate of drug-likeness (QED) is 0.168. The van der Waals surface area contributed by atoms with Crippen LogP contribution in [0.3, 0.4) is 0 Å². The molecular weight excluding hydrogens is 810 g/mol. The van der Waals surface area contributed by atoms with Crippen LogP contribution in [-0.4, -0.2) is 11.8 Å². The van der Waals surface area contributed by atoms with E-state index in [0.717, 1.165) is 42.9 Å². The van der Waals surface area contributed by atoms with Gasteiger partial charge in [-0.3, -0.25) is 0 Å². The predicted molar refractivity (Wildman–Crippen MR) is 289 cm³/mol. The molecule has 1 aromatic heterocycles. The zero-order chi connectivity index (χ0) is 46.2. The zero-order valence-corrected chi connectivity index (χ0v) is 40.6. The van der Waals surface area contributed by atoms with Crippen molar-refractivity contribution >= 4 is 68.4 Å². The van der Waals surface area contributed by atoms with Crippen molar-refractivity contribution < 1.29 is 0 Å². The highest BCUT2D eigenvalue weighted by atomic mass is 15.1. The smallest absolute Gasteiger partial charge is 0.198 e. The van der Waals surface area contributed by atoms with Crippen LogP contribution in [0.15, 0.2) is 164 Å². The Hall–Kier alpha value is -6.78. The Morgan fingerprint density at radius 1 is 0.552 bits per heavy atom. The van der Waals surface area contributed by atoms with Crippen LogP contribution in [0.2, 0.25) is 0 Å². The van der Waals surface area contributed by atoms with Crippen LogP contribution in [0, 0.1) is 0 Å². The van der Waals surface area contributed by atoms with Crippen LogP contribution < -0.4 is 21.1 Å². The lowest BCUT2D eigenvalue weighted by Gasteiger charge is -2.42. The van der Waals surface area contributed by atoms with Crippen molar-refractivity contribution in [2.24, 2.45) is 0 Å². The summed E-state index contributed by atoms with van der Waals surface area (Å²) in [6, 6.07) is 62.0. The molecule has 1 aliphatic heterocycles. The van der Waals surface area contributed by atoms with Crippen molar-refractivity contribution in [2.45, 2.75) is 96.8 Å². The topological polar surface area (TPSA) is 20.2 Å². The zero-order valence-electron chi connectivity index (χ0n) is 40.6. The van der Waals surface area contributed by atoms with Crippen LogP contribution in [0.25, 0.3) is 49.7 Å². The molecule has 3 nitrogen and oxygen atoms in total. The average Bonchev–Trinajstić information content (AvgIpc) is 3.77. The van der Waals surface area contributed by atoms with Crippen LogP contribution in [0.4, 0.5) is 28.4 Å². The van der Waals surface area contributed by atoms with E-state index >= 15 is 0 Å². The number of hydrogen-bond acceptors (Lipinski definition) is 2. The molecule has 0 atom stereocenters. The molecule has 0 saturated carbocycles. The highest BCUT2D eigenvalue weighted by Crippen LogP contribution is 2.54. The molecule has 0 spiro atoms. The van der Waals surface area contributed by atoms with E-state index in [0.29, 0.717) is 0 Å². The molecule has 0 saturated heterocycles. The Balaban J connectivity index is 1.23. The van der Waals surface area contributed by atoms with Gasteiger partial charge >= 0.3 is 0 Å². The van der Waals surface area contributed by atoms with Gasteiger partial charge < -0.3 is 14.8 Å². The van der Waals surface area contributed by atoms with Gasteiger partial charge in [-0.05, 0) is 146 Å². The molecule has 2 heterocycles. The van der Waals surface area contributed by atoms with E-state index in [-0.39, 0.29) is 21.7 Å². The molecule has 12 rings (SSSR count). The van der Waals surface area contributed by atoms with E-state index in [1.807, 2.05) is 0 Å². The molecule has 0 amide bonds. The van der Waals surface area contributed by atoms with Crippen molar-refractivity contribution in [3.63, 3.8) is 0 Å². The fourth-order valence-electron chi connectivity index (χ4n) is 12.1. The maximum Gasteiger partial charge on any atom is 0.198 e. The number of fused-ring (bicyclic) bond motifs is 9. The van der Waals surface area contributed by atoms with Gasteiger partial charge in [0.25, 0.3) is 0 Å². The number of nitrogens with one attached hydrogen (secondary N) is 1. The summed E-state index contributed by atoms with van der Waals surface area (Å²) >= 11 is 0. The number of benzene rings is 8. The van der Waals surface area contributed by atoms with Crippen molar-refractivity contribution in [1.29, 1.82) is 0 Å². The summed E-state index contributed by atoms with van der Waals surface area (Å²) in [6.45, 7) is 21.5. The Kier molecular flexibility index (Phi) is 9.08. The van der Waals surface area contributed by atoms with E-state index in [1.54, 1.807) is 0 Å². The maximum absolute atomic E-state index is 3.93. The molecule has 0 unspecified atom stereocenters. The summed E-state index contributed by atoms with van der Waals surface area (Å²) in [4.78, 5) is 2.51. The Morgan fingerprint density at radius 3 is 1.81 bits per heavy atom. The Labute approximate surface area is 397 Å². The molecule has 0 radical (unpaired) electrons. The SMILES string of the molecule is CC(C)(C)c1ccc(Nc2ccccc2-c2cc(N(c3ccccc3)c3ccccc3)c3c4cc5c(cc4n4c3c2Bc2cc3c(cc2-4)-c2ccccc2C3(C)C)C(C)(C)CCC5(C)C)cc1. The Bertz CT molecular complexity index is 3420. The number of hydrogen-bond donors (Lipinski definition) is 1. The summed E-state index contributed by atoms with van der Waals surface area (Å²) in [5, 5.41) is 6.55. The summed E-state index contributed by atoms with van der Waals surface area (Å²) in [5.41, 5.74) is 24.6. The second-order valence-corrected chi connectivity index (χ2v) is 22.5. The van der Waals surface area contributed by atoms with E-state index in [2.05, 4.69) is 241 Å². The van der Waals surface area contributed by atoms with Gasteiger partial charge in [0, 0.05) is 50.2 Å². The van der Waals surface area contributed by atoms with Crippen LogP contribution in [-0.2, 0) is 21.7 Å². The third-order valence-corrected chi connectivity index (χ3v) is 16.0. The monoisotopic (exact) mass is 869 g/mol. The molecule has 330 valence electrons. The summed E-state index contributed by atoms with van der Waals surface area (Å²) in [7, 11) is 0.819. The fourth-order valence-corrected chi connectivity index (χ4v) is 12.1. The summed E-state index contributed by atoms with van der Waals surface area (Å²) in [6.07, 6.45) is 2.32. The van der Waals surface area contributed by atoms with Gasteiger partial charge in [-0.1, -0.05) is 165 Å². The molecule has 9 aromatic rings. The van der Waals surface area contributed by atoms with Crippen molar-refractivity contribution in [3.8, 4) is 27.9 Å². The first-order chi connectivity index (χ1) is 32.1. The van der Waals surface area contributed by atoms with Gasteiger partial charge in [0.1, 0.15) is 0 Å². The third-order valence-electron chi connectivity index (χ3n) is 16.0. The number of anilines is 5. The van der Waals surface area contributed by atoms with Gasteiger partial charge in [-0.25, -0.2) is 0 Å². The predicted octanol–water partition coefficient (Wildman–Crippen LogP) is 15.3. The number of aromatic nitrogens is 1. The van der Waals surface area contributed by atoms with Crippen molar-refractivity contribution in [1.82, 2.24) is 4.57 Å². The molecule has 8 aromatic carbocycles. The minimum absolute atomic E-state index is 0.0405. The first-order valence-electron chi connectivity index (χ1n) is 24.4. The molecule has 1 N–H and O–H groups in total. The normalized spacial score (nSPS) is 15.9. The van der Waals surface area contributed by atoms with Crippen LogP contribution in [0.5, 0.6) is 0 Å². The van der Waals surface area contributed by atoms with Crippen molar-refractivity contribution in [2.75, 3.05) is 10.2 Å². The highest BCUT2D eigenvalue weighted by Gasteiger charge is 2.41. The van der Waals surface area contributed by atoms with E-state index in [4.69, 9.17) is 0 Å². The lowest BCUT2D eigenvalue weighted by molar-refractivity contribution is 0.332. The minimum atomic E-state index is -0.110. The van der Waals surface area contributed by atoms with Gasteiger partial charge in [0.2, 0.25) is 0 Å². The average molecular weight is 870 g/mol. The van der Waals surface area contributed by atoms with Crippen LogP contribution >= 0.6 is 0 Å².